The lowest BCUT2D eigenvalue weighted by Gasteiger charge is -2.14. The van der Waals surface area contributed by atoms with Gasteiger partial charge in [0, 0.05) is 19.3 Å². The normalized spacial score (nSPS) is 15.5. The molecular formula is C18H14N2O4. The molecule has 0 fully saturated rings. The summed E-state index contributed by atoms with van der Waals surface area (Å²) < 4.78 is 0. The van der Waals surface area contributed by atoms with Crippen molar-refractivity contribution < 1.29 is 19.2 Å². The van der Waals surface area contributed by atoms with Crippen LogP contribution in [0.5, 0.6) is 0 Å². The van der Waals surface area contributed by atoms with Gasteiger partial charge in [-0.3, -0.25) is 9.59 Å². The molecule has 6 nitrogen and oxygen atoms in total. The van der Waals surface area contributed by atoms with E-state index in [-0.39, 0.29) is 11.1 Å². The van der Waals surface area contributed by atoms with Crippen molar-refractivity contribution in [2.45, 2.75) is 6.42 Å². The molecular weight excluding hydrogens is 308 g/mol. The molecule has 0 aromatic heterocycles. The van der Waals surface area contributed by atoms with Crippen LogP contribution in [0.4, 0.5) is 5.69 Å². The summed E-state index contributed by atoms with van der Waals surface area (Å²) in [6.07, 6.45) is 0.847. The summed E-state index contributed by atoms with van der Waals surface area (Å²) >= 11 is 0. The van der Waals surface area contributed by atoms with E-state index >= 15 is 0 Å². The second-order valence-corrected chi connectivity index (χ2v) is 5.84. The topological polar surface area (TPSA) is 66.9 Å². The second-order valence-electron chi connectivity index (χ2n) is 5.84. The van der Waals surface area contributed by atoms with E-state index in [0.717, 1.165) is 24.2 Å². The van der Waals surface area contributed by atoms with Crippen molar-refractivity contribution in [3.63, 3.8) is 0 Å². The van der Waals surface area contributed by atoms with Crippen LogP contribution in [-0.2, 0) is 11.3 Å². The van der Waals surface area contributed by atoms with E-state index in [1.165, 1.54) is 12.1 Å². The third-order valence-corrected chi connectivity index (χ3v) is 4.37. The van der Waals surface area contributed by atoms with Gasteiger partial charge in [0.1, 0.15) is 0 Å². The fourth-order valence-electron chi connectivity index (χ4n) is 3.08. The van der Waals surface area contributed by atoms with Crippen LogP contribution in [0.1, 0.15) is 36.6 Å². The Labute approximate surface area is 138 Å². The van der Waals surface area contributed by atoms with E-state index in [1.54, 1.807) is 24.3 Å². The summed E-state index contributed by atoms with van der Waals surface area (Å²) in [6, 6.07) is 11.6. The highest BCUT2D eigenvalue weighted by Crippen LogP contribution is 2.28. The van der Waals surface area contributed by atoms with Crippen LogP contribution < -0.4 is 4.90 Å². The molecule has 0 aliphatic carbocycles. The Balaban J connectivity index is 1.58. The molecule has 6 heteroatoms. The highest BCUT2D eigenvalue weighted by Gasteiger charge is 2.38. The van der Waals surface area contributed by atoms with Gasteiger partial charge in [-0.25, -0.2) is 4.79 Å². The van der Waals surface area contributed by atoms with E-state index in [4.69, 9.17) is 4.84 Å². The Bertz CT molecular complexity index is 855. The van der Waals surface area contributed by atoms with Gasteiger partial charge in [0.05, 0.1) is 16.7 Å². The van der Waals surface area contributed by atoms with Gasteiger partial charge in [-0.2, -0.15) is 0 Å². The Morgan fingerprint density at radius 3 is 2.38 bits per heavy atom. The first-order valence-corrected chi connectivity index (χ1v) is 7.60. The zero-order valence-corrected chi connectivity index (χ0v) is 13.0. The van der Waals surface area contributed by atoms with Gasteiger partial charge in [0.15, 0.2) is 0 Å². The molecule has 24 heavy (non-hydrogen) atoms. The predicted octanol–water partition coefficient (Wildman–Crippen LogP) is 2.05. The molecule has 0 radical (unpaired) electrons. The molecule has 4 rings (SSSR count). The summed E-state index contributed by atoms with van der Waals surface area (Å²) in [5.74, 6) is -1.96. The molecule has 2 aliphatic rings. The zero-order chi connectivity index (χ0) is 16.8. The van der Waals surface area contributed by atoms with Gasteiger partial charge in [0.25, 0.3) is 11.8 Å². The lowest BCUT2D eigenvalue weighted by atomic mass is 10.1. The number of anilines is 1. The zero-order valence-electron chi connectivity index (χ0n) is 13.0. The largest absolute Gasteiger partial charge is 0.374 e. The number of fused-ring (bicyclic) bond motifs is 2. The lowest BCUT2D eigenvalue weighted by Crippen LogP contribution is -2.32. The van der Waals surface area contributed by atoms with Crippen molar-refractivity contribution >= 4 is 23.5 Å². The molecule has 2 aromatic rings. The van der Waals surface area contributed by atoms with Crippen molar-refractivity contribution in [2.24, 2.45) is 0 Å². The molecule has 0 saturated carbocycles. The number of likely N-dealkylation sites (N-methyl/N-ethyl adjacent to an activating group) is 1. The van der Waals surface area contributed by atoms with Crippen molar-refractivity contribution in [1.82, 2.24) is 5.06 Å². The monoisotopic (exact) mass is 322 g/mol. The highest BCUT2D eigenvalue weighted by molar-refractivity contribution is 6.21. The molecule has 2 aliphatic heterocycles. The maximum atomic E-state index is 12.3. The Morgan fingerprint density at radius 2 is 1.71 bits per heavy atom. The quantitative estimate of drug-likeness (QED) is 0.792. The molecule has 0 N–H and O–H groups in total. The molecule has 120 valence electrons. The first-order valence-electron chi connectivity index (χ1n) is 7.60. The van der Waals surface area contributed by atoms with E-state index < -0.39 is 17.8 Å². The van der Waals surface area contributed by atoms with Crippen LogP contribution in [0.25, 0.3) is 0 Å². The Kier molecular flexibility index (Phi) is 3.13. The first-order chi connectivity index (χ1) is 11.6. The standard InChI is InChI=1S/C18H14N2O4/c1-19-9-8-11-10-12(6-7-15(11)19)18(23)24-20-16(21)13-4-2-3-5-14(13)17(20)22/h2-7,10H,8-9H2,1H3. The van der Waals surface area contributed by atoms with E-state index in [0.29, 0.717) is 10.6 Å². The smallest absolute Gasteiger partial charge is 0.363 e. The van der Waals surface area contributed by atoms with Gasteiger partial charge in [-0.1, -0.05) is 17.2 Å². The number of carbonyl (C=O) groups is 3. The SMILES string of the molecule is CN1CCc2cc(C(=O)ON3C(=O)c4ccccc4C3=O)ccc21. The number of hydroxylamine groups is 2. The molecule has 0 atom stereocenters. The fraction of sp³-hybridized carbons (Fsp3) is 0.167. The van der Waals surface area contributed by atoms with E-state index in [1.807, 2.05) is 13.1 Å². The molecule has 0 spiro atoms. The molecule has 0 saturated heterocycles. The van der Waals surface area contributed by atoms with Crippen LogP contribution >= 0.6 is 0 Å². The van der Waals surface area contributed by atoms with Crippen molar-refractivity contribution in [1.29, 1.82) is 0 Å². The van der Waals surface area contributed by atoms with Gasteiger partial charge in [0.2, 0.25) is 0 Å². The maximum absolute atomic E-state index is 12.3. The Morgan fingerprint density at radius 1 is 1.04 bits per heavy atom. The number of hydrogen-bond donors (Lipinski definition) is 0. The summed E-state index contributed by atoms with van der Waals surface area (Å²) in [6.45, 7) is 0.895. The van der Waals surface area contributed by atoms with Crippen molar-refractivity contribution in [3.8, 4) is 0 Å². The summed E-state index contributed by atoms with van der Waals surface area (Å²) in [7, 11) is 1.99. The average molecular weight is 322 g/mol. The minimum atomic E-state index is -0.721. The number of amides is 2. The number of imide groups is 1. The molecule has 0 unspecified atom stereocenters. The minimum Gasteiger partial charge on any atom is -0.374 e. The molecule has 2 heterocycles. The summed E-state index contributed by atoms with van der Waals surface area (Å²) in [4.78, 5) is 44.0. The fourth-order valence-corrected chi connectivity index (χ4v) is 3.08. The van der Waals surface area contributed by atoms with E-state index in [9.17, 15) is 14.4 Å². The first kappa shape index (κ1) is 14.4. The number of nitrogens with zero attached hydrogens (tertiary/aromatic N) is 2. The van der Waals surface area contributed by atoms with Crippen LogP contribution in [0.2, 0.25) is 0 Å². The van der Waals surface area contributed by atoms with Gasteiger partial charge >= 0.3 is 5.97 Å². The molecule has 0 bridgehead atoms. The van der Waals surface area contributed by atoms with Crippen molar-refractivity contribution in [3.05, 3.63) is 64.7 Å². The average Bonchev–Trinajstić information content (AvgIpc) is 3.08. The van der Waals surface area contributed by atoms with Crippen LogP contribution in [0, 0.1) is 0 Å². The predicted molar refractivity (Wildman–Crippen MR) is 85.8 cm³/mol. The highest BCUT2D eigenvalue weighted by atomic mass is 16.7. The Hall–Kier alpha value is -3.15. The third kappa shape index (κ3) is 2.07. The molecule has 2 aromatic carbocycles. The molecule has 2 amide bonds. The lowest BCUT2D eigenvalue weighted by molar-refractivity contribution is -0.0584. The third-order valence-electron chi connectivity index (χ3n) is 4.37. The number of benzene rings is 2. The summed E-state index contributed by atoms with van der Waals surface area (Å²) in [5.41, 5.74) is 2.93. The van der Waals surface area contributed by atoms with Crippen molar-refractivity contribution in [2.75, 3.05) is 18.5 Å². The van der Waals surface area contributed by atoms with Gasteiger partial charge in [-0.15, -0.1) is 0 Å². The second kappa shape index (κ2) is 5.19. The van der Waals surface area contributed by atoms with Crippen LogP contribution in [0.15, 0.2) is 42.5 Å². The summed E-state index contributed by atoms with van der Waals surface area (Å²) in [5, 5.41) is 0.534. The van der Waals surface area contributed by atoms with Gasteiger partial charge in [-0.05, 0) is 42.3 Å². The van der Waals surface area contributed by atoms with Gasteiger partial charge < -0.3 is 9.74 Å². The number of carbonyl (C=O) groups excluding carboxylic acids is 3. The number of hydrogen-bond acceptors (Lipinski definition) is 5. The van der Waals surface area contributed by atoms with Crippen LogP contribution in [0.3, 0.4) is 0 Å². The maximum Gasteiger partial charge on any atom is 0.363 e. The van der Waals surface area contributed by atoms with Crippen LogP contribution in [-0.4, -0.2) is 36.4 Å². The van der Waals surface area contributed by atoms with E-state index in [2.05, 4.69) is 4.90 Å². The number of rotatable bonds is 2. The minimum absolute atomic E-state index is 0.242.